The second-order valence-corrected chi connectivity index (χ2v) is 3.60. The molecular formula is C12H17O. The molecule has 1 unspecified atom stereocenters. The van der Waals surface area contributed by atoms with Gasteiger partial charge >= 0.3 is 0 Å². The van der Waals surface area contributed by atoms with Gasteiger partial charge in [0.25, 0.3) is 0 Å². The van der Waals surface area contributed by atoms with Gasteiger partial charge in [-0.2, -0.15) is 0 Å². The van der Waals surface area contributed by atoms with E-state index in [4.69, 9.17) is 4.74 Å². The third kappa shape index (κ3) is 3.49. The SMILES string of the molecule is C[C](C)C(C)COc1ccccc1. The molecule has 0 aliphatic carbocycles. The minimum atomic E-state index is 0.528. The molecule has 1 atom stereocenters. The van der Waals surface area contributed by atoms with E-state index in [1.165, 1.54) is 5.92 Å². The van der Waals surface area contributed by atoms with Gasteiger partial charge in [-0.1, -0.05) is 39.0 Å². The Balaban J connectivity index is 2.35. The molecule has 0 fully saturated rings. The van der Waals surface area contributed by atoms with Crippen molar-refractivity contribution in [1.82, 2.24) is 0 Å². The van der Waals surface area contributed by atoms with E-state index in [0.717, 1.165) is 12.4 Å². The summed E-state index contributed by atoms with van der Waals surface area (Å²) in [6.07, 6.45) is 0. The van der Waals surface area contributed by atoms with Gasteiger partial charge in [0.1, 0.15) is 5.75 Å². The van der Waals surface area contributed by atoms with Crippen LogP contribution in [0.15, 0.2) is 30.3 Å². The van der Waals surface area contributed by atoms with E-state index in [-0.39, 0.29) is 0 Å². The molecule has 1 radical (unpaired) electrons. The first-order valence-electron chi connectivity index (χ1n) is 4.68. The van der Waals surface area contributed by atoms with Gasteiger partial charge in [0.05, 0.1) is 6.61 Å². The van der Waals surface area contributed by atoms with Crippen LogP contribution in [0.1, 0.15) is 20.8 Å². The largest absolute Gasteiger partial charge is 0.493 e. The van der Waals surface area contributed by atoms with Crippen LogP contribution in [0.4, 0.5) is 0 Å². The molecule has 0 aromatic heterocycles. The molecule has 1 aromatic carbocycles. The number of rotatable bonds is 4. The monoisotopic (exact) mass is 177 g/mol. The molecule has 0 heterocycles. The van der Waals surface area contributed by atoms with E-state index >= 15 is 0 Å². The molecule has 0 bridgehead atoms. The lowest BCUT2D eigenvalue weighted by Gasteiger charge is -2.15. The molecule has 1 rings (SSSR count). The molecule has 0 spiro atoms. The summed E-state index contributed by atoms with van der Waals surface area (Å²) >= 11 is 0. The summed E-state index contributed by atoms with van der Waals surface area (Å²) in [5, 5.41) is 0. The van der Waals surface area contributed by atoms with E-state index < -0.39 is 0 Å². The minimum Gasteiger partial charge on any atom is -0.493 e. The zero-order valence-electron chi connectivity index (χ0n) is 8.58. The molecule has 0 N–H and O–H groups in total. The van der Waals surface area contributed by atoms with Gasteiger partial charge in [0.15, 0.2) is 0 Å². The topological polar surface area (TPSA) is 9.23 Å². The smallest absolute Gasteiger partial charge is 0.119 e. The average Bonchev–Trinajstić information content (AvgIpc) is 2.15. The number of para-hydroxylation sites is 1. The van der Waals surface area contributed by atoms with Gasteiger partial charge in [-0.25, -0.2) is 0 Å². The molecule has 1 nitrogen and oxygen atoms in total. The second-order valence-electron chi connectivity index (χ2n) is 3.60. The standard InChI is InChI=1S/C12H17O/c1-10(2)11(3)9-13-12-7-5-4-6-8-12/h4-8,11H,9H2,1-3H3. The summed E-state index contributed by atoms with van der Waals surface area (Å²) in [5.41, 5.74) is 0. The highest BCUT2D eigenvalue weighted by molar-refractivity contribution is 5.20. The fourth-order valence-electron chi connectivity index (χ4n) is 0.905. The highest BCUT2D eigenvalue weighted by Gasteiger charge is 2.07. The number of ether oxygens (including phenoxy) is 1. The van der Waals surface area contributed by atoms with Crippen LogP contribution in [0.2, 0.25) is 0 Å². The molecule has 0 saturated heterocycles. The Morgan fingerprint density at radius 1 is 1.23 bits per heavy atom. The van der Waals surface area contributed by atoms with Crippen LogP contribution in [0.25, 0.3) is 0 Å². The van der Waals surface area contributed by atoms with Gasteiger partial charge in [-0.3, -0.25) is 0 Å². The van der Waals surface area contributed by atoms with Crippen molar-refractivity contribution in [3.8, 4) is 5.75 Å². The summed E-state index contributed by atoms with van der Waals surface area (Å²) in [6.45, 7) is 7.22. The Hall–Kier alpha value is -0.980. The van der Waals surface area contributed by atoms with Gasteiger partial charge in [0.2, 0.25) is 0 Å². The van der Waals surface area contributed by atoms with E-state index in [0.29, 0.717) is 5.92 Å². The van der Waals surface area contributed by atoms with Crippen LogP contribution in [0.5, 0.6) is 5.75 Å². The maximum atomic E-state index is 5.61. The summed E-state index contributed by atoms with van der Waals surface area (Å²) in [6, 6.07) is 9.94. The molecule has 0 aliphatic heterocycles. The molecule has 0 aliphatic rings. The predicted molar refractivity (Wildman–Crippen MR) is 55.7 cm³/mol. The van der Waals surface area contributed by atoms with E-state index in [2.05, 4.69) is 20.8 Å². The Morgan fingerprint density at radius 2 is 1.85 bits per heavy atom. The van der Waals surface area contributed by atoms with Crippen LogP contribution in [0, 0.1) is 11.8 Å². The van der Waals surface area contributed by atoms with Crippen molar-refractivity contribution in [2.75, 3.05) is 6.61 Å². The lowest BCUT2D eigenvalue weighted by atomic mass is 9.99. The van der Waals surface area contributed by atoms with Gasteiger partial charge in [-0.15, -0.1) is 0 Å². The summed E-state index contributed by atoms with van der Waals surface area (Å²) in [7, 11) is 0. The Kier molecular flexibility index (Phi) is 3.81. The molecule has 0 saturated carbocycles. The Bertz CT molecular complexity index is 228. The molecule has 13 heavy (non-hydrogen) atoms. The van der Waals surface area contributed by atoms with Crippen molar-refractivity contribution >= 4 is 0 Å². The maximum absolute atomic E-state index is 5.61. The van der Waals surface area contributed by atoms with Crippen LogP contribution >= 0.6 is 0 Å². The molecule has 0 amide bonds. The van der Waals surface area contributed by atoms with Crippen LogP contribution in [0.3, 0.4) is 0 Å². The van der Waals surface area contributed by atoms with Crippen LogP contribution in [-0.2, 0) is 0 Å². The number of hydrogen-bond acceptors (Lipinski definition) is 1. The van der Waals surface area contributed by atoms with Gasteiger partial charge < -0.3 is 4.74 Å². The van der Waals surface area contributed by atoms with Crippen molar-refractivity contribution in [3.63, 3.8) is 0 Å². The van der Waals surface area contributed by atoms with Crippen LogP contribution < -0.4 is 4.74 Å². The Morgan fingerprint density at radius 3 is 2.38 bits per heavy atom. The van der Waals surface area contributed by atoms with Gasteiger partial charge in [-0.05, 0) is 24.0 Å². The highest BCUT2D eigenvalue weighted by Crippen LogP contribution is 2.15. The van der Waals surface area contributed by atoms with E-state index in [9.17, 15) is 0 Å². The van der Waals surface area contributed by atoms with Crippen molar-refractivity contribution in [2.24, 2.45) is 5.92 Å². The second kappa shape index (κ2) is 4.90. The first kappa shape index (κ1) is 10.1. The Labute approximate surface area is 80.7 Å². The summed E-state index contributed by atoms with van der Waals surface area (Å²) in [4.78, 5) is 0. The number of hydrogen-bond donors (Lipinski definition) is 0. The van der Waals surface area contributed by atoms with Crippen LogP contribution in [-0.4, -0.2) is 6.61 Å². The normalized spacial score (nSPS) is 12.9. The fraction of sp³-hybridized carbons (Fsp3) is 0.417. The lowest BCUT2D eigenvalue weighted by molar-refractivity contribution is 0.267. The molecular weight excluding hydrogens is 160 g/mol. The maximum Gasteiger partial charge on any atom is 0.119 e. The summed E-state index contributed by atoms with van der Waals surface area (Å²) in [5.74, 6) is 2.90. The van der Waals surface area contributed by atoms with E-state index in [1.807, 2.05) is 30.3 Å². The first-order chi connectivity index (χ1) is 6.20. The predicted octanol–water partition coefficient (Wildman–Crippen LogP) is 3.32. The first-order valence-corrected chi connectivity index (χ1v) is 4.68. The average molecular weight is 177 g/mol. The zero-order valence-corrected chi connectivity index (χ0v) is 8.58. The zero-order chi connectivity index (χ0) is 9.68. The van der Waals surface area contributed by atoms with Crippen molar-refractivity contribution in [2.45, 2.75) is 20.8 Å². The van der Waals surface area contributed by atoms with Crippen molar-refractivity contribution in [3.05, 3.63) is 36.2 Å². The van der Waals surface area contributed by atoms with Gasteiger partial charge in [0, 0.05) is 0 Å². The molecule has 71 valence electrons. The highest BCUT2D eigenvalue weighted by atomic mass is 16.5. The summed E-state index contributed by atoms with van der Waals surface area (Å²) < 4.78 is 5.61. The quantitative estimate of drug-likeness (QED) is 0.685. The number of benzene rings is 1. The third-order valence-electron chi connectivity index (χ3n) is 2.23. The van der Waals surface area contributed by atoms with Crippen molar-refractivity contribution < 1.29 is 4.74 Å². The van der Waals surface area contributed by atoms with E-state index in [1.54, 1.807) is 0 Å². The minimum absolute atomic E-state index is 0.528. The fourth-order valence-corrected chi connectivity index (χ4v) is 0.905. The third-order valence-corrected chi connectivity index (χ3v) is 2.23. The van der Waals surface area contributed by atoms with Crippen molar-refractivity contribution in [1.29, 1.82) is 0 Å². The lowest BCUT2D eigenvalue weighted by Crippen LogP contribution is -2.12. The molecule has 1 heteroatoms. The molecule has 1 aromatic rings.